The highest BCUT2D eigenvalue weighted by atomic mass is 19.4. The average Bonchev–Trinajstić information content (AvgIpc) is 2.66. The van der Waals surface area contributed by atoms with Crippen molar-refractivity contribution in [2.75, 3.05) is 26.7 Å². The Morgan fingerprint density at radius 2 is 1.61 bits per heavy atom. The van der Waals surface area contributed by atoms with E-state index in [2.05, 4.69) is 0 Å². The minimum atomic E-state index is -4.45. The predicted octanol–water partition coefficient (Wildman–Crippen LogP) is 5.09. The van der Waals surface area contributed by atoms with Gasteiger partial charge in [-0.3, -0.25) is 4.79 Å². The molecule has 1 heterocycles. The van der Waals surface area contributed by atoms with Gasteiger partial charge >= 0.3 is 12.3 Å². The third-order valence-corrected chi connectivity index (χ3v) is 5.59. The van der Waals surface area contributed by atoms with Crippen LogP contribution in [0.25, 0.3) is 0 Å². The Hall–Kier alpha value is -2.25. The zero-order chi connectivity index (χ0) is 23.6. The van der Waals surface area contributed by atoms with Crippen LogP contribution in [-0.2, 0) is 21.1 Å². The number of amides is 2. The minimum absolute atomic E-state index is 0.189. The van der Waals surface area contributed by atoms with Crippen molar-refractivity contribution in [1.29, 1.82) is 0 Å². The van der Waals surface area contributed by atoms with E-state index in [0.717, 1.165) is 25.0 Å². The SMILES string of the molecule is CN(CC1CCN(C(=O)C(C)(C)c2cccc(C(F)(F)F)c2)CC1)C(=O)OC(C)(C)C. The van der Waals surface area contributed by atoms with Crippen molar-refractivity contribution in [2.24, 2.45) is 5.92 Å². The highest BCUT2D eigenvalue weighted by Gasteiger charge is 2.38. The molecule has 0 atom stereocenters. The van der Waals surface area contributed by atoms with E-state index in [1.807, 2.05) is 20.8 Å². The number of rotatable bonds is 4. The minimum Gasteiger partial charge on any atom is -0.444 e. The second kappa shape index (κ2) is 9.09. The van der Waals surface area contributed by atoms with Crippen molar-refractivity contribution in [2.45, 2.75) is 64.7 Å². The van der Waals surface area contributed by atoms with Crippen molar-refractivity contribution >= 4 is 12.0 Å². The topological polar surface area (TPSA) is 49.9 Å². The smallest absolute Gasteiger partial charge is 0.416 e. The summed E-state index contributed by atoms with van der Waals surface area (Å²) < 4.78 is 44.6. The van der Waals surface area contributed by atoms with E-state index in [-0.39, 0.29) is 17.9 Å². The molecular formula is C23H33F3N2O3. The summed E-state index contributed by atoms with van der Waals surface area (Å²) in [5.41, 5.74) is -2.04. The molecule has 1 aliphatic heterocycles. The zero-order valence-electron chi connectivity index (χ0n) is 19.2. The van der Waals surface area contributed by atoms with Gasteiger partial charge in [0.25, 0.3) is 0 Å². The second-order valence-corrected chi connectivity index (χ2v) is 9.80. The van der Waals surface area contributed by atoms with Crippen molar-refractivity contribution < 1.29 is 27.5 Å². The number of hydrogen-bond acceptors (Lipinski definition) is 3. The Kier molecular flexibility index (Phi) is 7.33. The van der Waals surface area contributed by atoms with Crippen LogP contribution >= 0.6 is 0 Å². The maximum Gasteiger partial charge on any atom is 0.416 e. The molecule has 0 aliphatic carbocycles. The Bertz CT molecular complexity index is 792. The third-order valence-electron chi connectivity index (χ3n) is 5.59. The quantitative estimate of drug-likeness (QED) is 0.653. The summed E-state index contributed by atoms with van der Waals surface area (Å²) in [4.78, 5) is 28.6. The van der Waals surface area contributed by atoms with E-state index in [1.165, 1.54) is 6.07 Å². The molecule has 31 heavy (non-hydrogen) atoms. The van der Waals surface area contributed by atoms with Gasteiger partial charge in [0.1, 0.15) is 5.60 Å². The third kappa shape index (κ3) is 6.61. The van der Waals surface area contributed by atoms with Gasteiger partial charge in [-0.2, -0.15) is 13.2 Å². The van der Waals surface area contributed by atoms with E-state index in [4.69, 9.17) is 4.74 Å². The van der Waals surface area contributed by atoms with Crippen LogP contribution in [0.15, 0.2) is 24.3 Å². The Labute approximate surface area is 182 Å². The largest absolute Gasteiger partial charge is 0.444 e. The Morgan fingerprint density at radius 1 is 1.06 bits per heavy atom. The molecule has 0 spiro atoms. The lowest BCUT2D eigenvalue weighted by Gasteiger charge is -2.38. The maximum atomic E-state index is 13.1. The van der Waals surface area contributed by atoms with Gasteiger partial charge in [-0.15, -0.1) is 0 Å². The van der Waals surface area contributed by atoms with E-state index in [0.29, 0.717) is 25.2 Å². The summed E-state index contributed by atoms with van der Waals surface area (Å²) in [7, 11) is 1.70. The van der Waals surface area contributed by atoms with Gasteiger partial charge in [-0.05, 0) is 65.0 Å². The van der Waals surface area contributed by atoms with Gasteiger partial charge in [-0.25, -0.2) is 4.79 Å². The molecule has 2 amide bonds. The molecule has 1 fully saturated rings. The van der Waals surface area contributed by atoms with E-state index in [9.17, 15) is 22.8 Å². The maximum absolute atomic E-state index is 13.1. The summed E-state index contributed by atoms with van der Waals surface area (Å²) in [6.07, 6.45) is -3.39. The number of hydrogen-bond donors (Lipinski definition) is 0. The van der Waals surface area contributed by atoms with Gasteiger partial charge < -0.3 is 14.5 Å². The molecule has 0 aromatic heterocycles. The molecule has 1 aromatic carbocycles. The molecule has 1 aliphatic rings. The highest BCUT2D eigenvalue weighted by molar-refractivity contribution is 5.87. The number of nitrogens with zero attached hydrogens (tertiary/aromatic N) is 2. The summed E-state index contributed by atoms with van der Waals surface area (Å²) in [6.45, 7) is 10.3. The molecule has 5 nitrogen and oxygen atoms in total. The van der Waals surface area contributed by atoms with Crippen LogP contribution in [0.2, 0.25) is 0 Å². The first-order valence-corrected chi connectivity index (χ1v) is 10.5. The molecule has 2 rings (SSSR count). The fourth-order valence-electron chi connectivity index (χ4n) is 3.72. The lowest BCUT2D eigenvalue weighted by molar-refractivity contribution is -0.139. The molecule has 8 heteroatoms. The summed E-state index contributed by atoms with van der Waals surface area (Å²) in [5, 5.41) is 0. The molecular weight excluding hydrogens is 409 g/mol. The predicted molar refractivity (Wildman–Crippen MR) is 113 cm³/mol. The van der Waals surface area contributed by atoms with Gasteiger partial charge in [0.05, 0.1) is 11.0 Å². The average molecular weight is 443 g/mol. The number of likely N-dealkylation sites (tertiary alicyclic amines) is 1. The van der Waals surface area contributed by atoms with E-state index in [1.54, 1.807) is 36.8 Å². The number of alkyl halides is 3. The van der Waals surface area contributed by atoms with Crippen molar-refractivity contribution in [3.8, 4) is 0 Å². The first-order chi connectivity index (χ1) is 14.1. The fourth-order valence-corrected chi connectivity index (χ4v) is 3.72. The number of piperidine rings is 1. The lowest BCUT2D eigenvalue weighted by Crippen LogP contribution is -2.48. The molecule has 174 valence electrons. The summed E-state index contributed by atoms with van der Waals surface area (Å²) in [6, 6.07) is 4.97. The first kappa shape index (κ1) is 25.0. The van der Waals surface area contributed by atoms with Crippen LogP contribution in [0.5, 0.6) is 0 Å². The normalized spacial score (nSPS) is 16.2. The second-order valence-electron chi connectivity index (χ2n) is 9.80. The molecule has 0 N–H and O–H groups in total. The molecule has 0 radical (unpaired) electrons. The van der Waals surface area contributed by atoms with Crippen LogP contribution in [0.3, 0.4) is 0 Å². The number of halogens is 3. The monoisotopic (exact) mass is 442 g/mol. The van der Waals surface area contributed by atoms with Crippen LogP contribution in [0.1, 0.15) is 58.6 Å². The van der Waals surface area contributed by atoms with Gasteiger partial charge in [-0.1, -0.05) is 18.2 Å². The standard InChI is InChI=1S/C23H33F3N2O3/c1-21(2,3)31-20(30)27(6)15-16-10-12-28(13-11-16)19(29)22(4,5)17-8-7-9-18(14-17)23(24,25)26/h7-9,14,16H,10-13,15H2,1-6H3. The van der Waals surface area contributed by atoms with Crippen molar-refractivity contribution in [3.63, 3.8) is 0 Å². The van der Waals surface area contributed by atoms with Gasteiger partial charge in [0, 0.05) is 26.7 Å². The molecule has 0 bridgehead atoms. The lowest BCUT2D eigenvalue weighted by atomic mass is 9.81. The molecule has 0 saturated carbocycles. The number of ether oxygens (including phenoxy) is 1. The van der Waals surface area contributed by atoms with Gasteiger partial charge in [0.2, 0.25) is 5.91 Å². The molecule has 1 aromatic rings. The van der Waals surface area contributed by atoms with Crippen molar-refractivity contribution in [1.82, 2.24) is 9.80 Å². The van der Waals surface area contributed by atoms with Crippen LogP contribution in [0.4, 0.5) is 18.0 Å². The van der Waals surface area contributed by atoms with Crippen molar-refractivity contribution in [3.05, 3.63) is 35.4 Å². The Balaban J connectivity index is 1.98. The molecule has 0 unspecified atom stereocenters. The van der Waals surface area contributed by atoms with Gasteiger partial charge in [0.15, 0.2) is 0 Å². The van der Waals surface area contributed by atoms with Crippen LogP contribution in [0, 0.1) is 5.92 Å². The Morgan fingerprint density at radius 3 is 2.13 bits per heavy atom. The highest BCUT2D eigenvalue weighted by Crippen LogP contribution is 2.34. The zero-order valence-corrected chi connectivity index (χ0v) is 19.2. The van der Waals surface area contributed by atoms with Crippen LogP contribution in [-0.4, -0.2) is 54.1 Å². The number of benzene rings is 1. The fraction of sp³-hybridized carbons (Fsp3) is 0.652. The molecule has 1 saturated heterocycles. The van der Waals surface area contributed by atoms with E-state index >= 15 is 0 Å². The van der Waals surface area contributed by atoms with E-state index < -0.39 is 22.8 Å². The summed E-state index contributed by atoms with van der Waals surface area (Å²) in [5.74, 6) is 0.0454. The van der Waals surface area contributed by atoms with Crippen LogP contribution < -0.4 is 0 Å². The number of carbonyl (C=O) groups is 2. The first-order valence-electron chi connectivity index (χ1n) is 10.5. The summed E-state index contributed by atoms with van der Waals surface area (Å²) >= 11 is 0. The number of carbonyl (C=O) groups excluding carboxylic acids is 2.